The van der Waals surface area contributed by atoms with Crippen LogP contribution in [-0.2, 0) is 0 Å². The molecular formula is C15H22. The van der Waals surface area contributed by atoms with E-state index in [1.165, 1.54) is 42.4 Å². The monoisotopic (exact) mass is 202 g/mol. The van der Waals surface area contributed by atoms with Gasteiger partial charge < -0.3 is 0 Å². The molecule has 82 valence electrons. The Morgan fingerprint density at radius 2 is 1.73 bits per heavy atom. The fraction of sp³-hybridized carbons (Fsp3) is 0.467. The van der Waals surface area contributed by atoms with Crippen LogP contribution in [0.15, 0.2) is 30.3 Å². The highest BCUT2D eigenvalue weighted by atomic mass is 14.0. The number of aryl methyl sites for hydroxylation is 1. The van der Waals surface area contributed by atoms with E-state index in [0.29, 0.717) is 0 Å². The van der Waals surface area contributed by atoms with E-state index in [2.05, 4.69) is 51.1 Å². The number of unbranched alkanes of at least 4 members (excludes halogenated alkanes) is 1. The van der Waals surface area contributed by atoms with Crippen LogP contribution in [-0.4, -0.2) is 0 Å². The van der Waals surface area contributed by atoms with E-state index in [9.17, 15) is 0 Å². The first-order valence-electron chi connectivity index (χ1n) is 6.04. The summed E-state index contributed by atoms with van der Waals surface area (Å²) in [4.78, 5) is 0. The fourth-order valence-corrected chi connectivity index (χ4v) is 1.72. The second-order valence-electron chi connectivity index (χ2n) is 4.13. The lowest BCUT2D eigenvalue weighted by Crippen LogP contribution is -1.85. The molecule has 0 aliphatic rings. The van der Waals surface area contributed by atoms with Crippen molar-refractivity contribution >= 4 is 5.57 Å². The first kappa shape index (κ1) is 12.0. The maximum absolute atomic E-state index is 2.40. The van der Waals surface area contributed by atoms with Gasteiger partial charge in [0.2, 0.25) is 0 Å². The van der Waals surface area contributed by atoms with Crippen molar-refractivity contribution in [2.75, 3.05) is 0 Å². The van der Waals surface area contributed by atoms with Crippen LogP contribution in [0.3, 0.4) is 0 Å². The molecule has 1 rings (SSSR count). The molecule has 0 heteroatoms. The van der Waals surface area contributed by atoms with E-state index >= 15 is 0 Å². The second kappa shape index (κ2) is 6.44. The van der Waals surface area contributed by atoms with Crippen LogP contribution in [0.25, 0.3) is 5.57 Å². The molecule has 0 aliphatic heterocycles. The summed E-state index contributed by atoms with van der Waals surface area (Å²) in [6, 6.07) is 8.88. The molecule has 0 N–H and O–H groups in total. The zero-order chi connectivity index (χ0) is 11.1. The van der Waals surface area contributed by atoms with E-state index < -0.39 is 0 Å². The highest BCUT2D eigenvalue weighted by molar-refractivity contribution is 5.65. The SMILES string of the molecule is CCC/C=C(\CCC)c1ccc(C)cc1. The van der Waals surface area contributed by atoms with Crippen molar-refractivity contribution in [1.29, 1.82) is 0 Å². The van der Waals surface area contributed by atoms with Gasteiger partial charge in [0.1, 0.15) is 0 Å². The third-order valence-electron chi connectivity index (χ3n) is 2.62. The van der Waals surface area contributed by atoms with Gasteiger partial charge in [-0.05, 0) is 30.9 Å². The Bertz CT molecular complexity index is 303. The molecule has 0 radical (unpaired) electrons. The Hall–Kier alpha value is -1.04. The average molecular weight is 202 g/mol. The number of rotatable bonds is 5. The lowest BCUT2D eigenvalue weighted by atomic mass is 9.99. The van der Waals surface area contributed by atoms with Gasteiger partial charge in [0, 0.05) is 0 Å². The normalized spacial score (nSPS) is 11.8. The van der Waals surface area contributed by atoms with Crippen molar-refractivity contribution in [2.45, 2.75) is 46.5 Å². The molecule has 0 aliphatic carbocycles. The number of hydrogen-bond acceptors (Lipinski definition) is 0. The Kier molecular flexibility index (Phi) is 5.17. The number of allylic oxidation sites excluding steroid dienone is 2. The van der Waals surface area contributed by atoms with Crippen molar-refractivity contribution in [3.63, 3.8) is 0 Å². The molecule has 0 spiro atoms. The molecule has 0 aromatic heterocycles. The van der Waals surface area contributed by atoms with Crippen LogP contribution in [0, 0.1) is 6.92 Å². The van der Waals surface area contributed by atoms with E-state index in [4.69, 9.17) is 0 Å². The summed E-state index contributed by atoms with van der Waals surface area (Å²) in [5.41, 5.74) is 4.25. The predicted octanol–water partition coefficient (Wildman–Crippen LogP) is 4.98. The maximum atomic E-state index is 2.40. The van der Waals surface area contributed by atoms with Crippen LogP contribution >= 0.6 is 0 Å². The molecule has 0 heterocycles. The molecule has 0 saturated carbocycles. The van der Waals surface area contributed by atoms with Crippen molar-refractivity contribution in [1.82, 2.24) is 0 Å². The maximum Gasteiger partial charge on any atom is -0.0228 e. The highest BCUT2D eigenvalue weighted by Gasteiger charge is 1.99. The molecule has 0 bridgehead atoms. The summed E-state index contributed by atoms with van der Waals surface area (Å²) < 4.78 is 0. The molecule has 0 nitrogen and oxygen atoms in total. The molecule has 0 amide bonds. The quantitative estimate of drug-likeness (QED) is 0.631. The minimum absolute atomic E-state index is 1.20. The number of hydrogen-bond donors (Lipinski definition) is 0. The molecule has 0 fully saturated rings. The van der Waals surface area contributed by atoms with Crippen molar-refractivity contribution in [3.05, 3.63) is 41.5 Å². The topological polar surface area (TPSA) is 0 Å². The first-order chi connectivity index (χ1) is 7.27. The summed E-state index contributed by atoms with van der Waals surface area (Å²) >= 11 is 0. The molecule has 1 aromatic carbocycles. The van der Waals surface area contributed by atoms with Crippen LogP contribution in [0.4, 0.5) is 0 Å². The van der Waals surface area contributed by atoms with Gasteiger partial charge in [0.25, 0.3) is 0 Å². The van der Waals surface area contributed by atoms with Crippen molar-refractivity contribution in [3.8, 4) is 0 Å². The van der Waals surface area contributed by atoms with Crippen molar-refractivity contribution < 1.29 is 0 Å². The lowest BCUT2D eigenvalue weighted by Gasteiger charge is -2.07. The van der Waals surface area contributed by atoms with E-state index in [1.807, 2.05) is 0 Å². The Labute approximate surface area is 94.0 Å². The summed E-state index contributed by atoms with van der Waals surface area (Å²) in [5, 5.41) is 0. The molecule has 0 saturated heterocycles. The van der Waals surface area contributed by atoms with Gasteiger partial charge in [0.05, 0.1) is 0 Å². The zero-order valence-electron chi connectivity index (χ0n) is 10.2. The third-order valence-corrected chi connectivity index (χ3v) is 2.62. The summed E-state index contributed by atoms with van der Waals surface area (Å²) in [5.74, 6) is 0. The van der Waals surface area contributed by atoms with Crippen molar-refractivity contribution in [2.24, 2.45) is 0 Å². The van der Waals surface area contributed by atoms with Crippen LogP contribution < -0.4 is 0 Å². The number of benzene rings is 1. The Balaban J connectivity index is 2.83. The third kappa shape index (κ3) is 3.91. The van der Waals surface area contributed by atoms with Crippen LogP contribution in [0.2, 0.25) is 0 Å². The summed E-state index contributed by atoms with van der Waals surface area (Å²) in [6.07, 6.45) is 7.25. The molecule has 0 atom stereocenters. The molecular weight excluding hydrogens is 180 g/mol. The smallest absolute Gasteiger partial charge is 0.0228 e. The van der Waals surface area contributed by atoms with Gasteiger partial charge in [0.15, 0.2) is 0 Å². The standard InChI is InChI=1S/C15H22/c1-4-6-8-14(7-5-2)15-11-9-13(3)10-12-15/h8-12H,4-7H2,1-3H3/b14-8+. The zero-order valence-corrected chi connectivity index (χ0v) is 10.2. The second-order valence-corrected chi connectivity index (χ2v) is 4.13. The van der Waals surface area contributed by atoms with Gasteiger partial charge in [-0.1, -0.05) is 62.6 Å². The summed E-state index contributed by atoms with van der Waals surface area (Å²) in [7, 11) is 0. The Morgan fingerprint density at radius 3 is 2.27 bits per heavy atom. The largest absolute Gasteiger partial charge is 0.0807 e. The summed E-state index contributed by atoms with van der Waals surface area (Å²) in [6.45, 7) is 6.61. The van der Waals surface area contributed by atoms with Gasteiger partial charge in [-0.3, -0.25) is 0 Å². The molecule has 1 aromatic rings. The van der Waals surface area contributed by atoms with Gasteiger partial charge in [-0.15, -0.1) is 0 Å². The Morgan fingerprint density at radius 1 is 1.07 bits per heavy atom. The average Bonchev–Trinajstić information content (AvgIpc) is 2.25. The fourth-order valence-electron chi connectivity index (χ4n) is 1.72. The molecule has 15 heavy (non-hydrogen) atoms. The predicted molar refractivity (Wildman–Crippen MR) is 69.0 cm³/mol. The van der Waals surface area contributed by atoms with Gasteiger partial charge >= 0.3 is 0 Å². The molecule has 0 unspecified atom stereocenters. The minimum Gasteiger partial charge on any atom is -0.0807 e. The minimum atomic E-state index is 1.20. The highest BCUT2D eigenvalue weighted by Crippen LogP contribution is 2.21. The van der Waals surface area contributed by atoms with Crippen LogP contribution in [0.5, 0.6) is 0 Å². The first-order valence-corrected chi connectivity index (χ1v) is 6.04. The van der Waals surface area contributed by atoms with E-state index in [1.54, 1.807) is 0 Å². The van der Waals surface area contributed by atoms with Gasteiger partial charge in [-0.2, -0.15) is 0 Å². The van der Waals surface area contributed by atoms with E-state index in [-0.39, 0.29) is 0 Å². The lowest BCUT2D eigenvalue weighted by molar-refractivity contribution is 0.933. The van der Waals surface area contributed by atoms with Gasteiger partial charge in [-0.25, -0.2) is 0 Å². The van der Waals surface area contributed by atoms with E-state index in [0.717, 1.165) is 0 Å². The van der Waals surface area contributed by atoms with Crippen LogP contribution in [0.1, 0.15) is 50.7 Å².